The van der Waals surface area contributed by atoms with Gasteiger partial charge in [-0.3, -0.25) is 4.79 Å². The Bertz CT molecular complexity index is 371. The van der Waals surface area contributed by atoms with Crippen LogP contribution in [-0.4, -0.2) is 59.6 Å². The predicted octanol–water partition coefficient (Wildman–Crippen LogP) is 1.29. The van der Waals surface area contributed by atoms with Gasteiger partial charge >= 0.3 is 6.03 Å². The smallest absolute Gasteiger partial charge is 0.339 e. The largest absolute Gasteiger partial charge is 0.344 e. The molecule has 1 aliphatic heterocycles. The third-order valence-corrected chi connectivity index (χ3v) is 2.74. The second-order valence-corrected chi connectivity index (χ2v) is 4.57. The Kier molecular flexibility index (Phi) is 5.15. The number of carbonyl (C=O) groups is 2. The number of halogens is 1. The molecule has 1 rings (SSSR count). The molecule has 0 unspecified atom stereocenters. The molecule has 0 aromatic heterocycles. The summed E-state index contributed by atoms with van der Waals surface area (Å²) in [6.45, 7) is 8.56. The van der Waals surface area contributed by atoms with Crippen molar-refractivity contribution in [2.24, 2.45) is 5.10 Å². The van der Waals surface area contributed by atoms with Gasteiger partial charge in [-0.05, 0) is 6.92 Å². The molecular formula is C11H17ClN4O2. The van der Waals surface area contributed by atoms with E-state index in [2.05, 4.69) is 11.8 Å². The van der Waals surface area contributed by atoms with Crippen molar-refractivity contribution < 1.29 is 9.59 Å². The Labute approximate surface area is 111 Å². The summed E-state index contributed by atoms with van der Waals surface area (Å²) in [7, 11) is 0. The molecule has 1 heterocycles. The zero-order valence-corrected chi connectivity index (χ0v) is 11.4. The van der Waals surface area contributed by atoms with Crippen molar-refractivity contribution in [3.8, 4) is 0 Å². The maximum Gasteiger partial charge on any atom is 0.344 e. The van der Waals surface area contributed by atoms with Crippen molar-refractivity contribution in [1.82, 2.24) is 14.8 Å². The quantitative estimate of drug-likeness (QED) is 0.562. The highest BCUT2D eigenvalue weighted by molar-refractivity contribution is 6.29. The summed E-state index contributed by atoms with van der Waals surface area (Å²) in [6.07, 6.45) is 1.41. The molecule has 0 spiro atoms. The van der Waals surface area contributed by atoms with Gasteiger partial charge in [0.2, 0.25) is 5.91 Å². The molecule has 0 aliphatic carbocycles. The van der Waals surface area contributed by atoms with Crippen LogP contribution in [0.25, 0.3) is 0 Å². The number of nitrogens with zero attached hydrogens (tertiary/aromatic N) is 4. The zero-order chi connectivity index (χ0) is 13.7. The van der Waals surface area contributed by atoms with Gasteiger partial charge in [0.05, 0.1) is 0 Å². The van der Waals surface area contributed by atoms with Gasteiger partial charge in [0.25, 0.3) is 0 Å². The van der Waals surface area contributed by atoms with Crippen LogP contribution in [-0.2, 0) is 4.79 Å². The molecule has 3 amide bonds. The summed E-state index contributed by atoms with van der Waals surface area (Å²) >= 11 is 5.71. The molecule has 1 fully saturated rings. The van der Waals surface area contributed by atoms with E-state index >= 15 is 0 Å². The fraction of sp³-hybridized carbons (Fsp3) is 0.545. The molecular weight excluding hydrogens is 256 g/mol. The summed E-state index contributed by atoms with van der Waals surface area (Å²) in [4.78, 5) is 26.5. The molecule has 0 saturated carbocycles. The number of amides is 3. The molecule has 0 bridgehead atoms. The fourth-order valence-corrected chi connectivity index (χ4v) is 1.78. The first-order valence-electron chi connectivity index (χ1n) is 5.60. The molecule has 18 heavy (non-hydrogen) atoms. The summed E-state index contributed by atoms with van der Waals surface area (Å²) in [5.41, 5.74) is 0. The Balaban J connectivity index is 2.61. The van der Waals surface area contributed by atoms with Crippen LogP contribution in [0.4, 0.5) is 4.79 Å². The molecule has 7 heteroatoms. The standard InChI is InChI=1S/C11H17ClN4O2/c1-9(12)8-16(13-3)11(18)15-6-4-14(5-7-15)10(2)17/h8H,3-7H2,1-2H3/b9-8+. The van der Waals surface area contributed by atoms with Crippen LogP contribution >= 0.6 is 11.6 Å². The Morgan fingerprint density at radius 3 is 2.11 bits per heavy atom. The first kappa shape index (κ1) is 14.5. The van der Waals surface area contributed by atoms with Crippen LogP contribution in [0.1, 0.15) is 13.8 Å². The molecule has 1 saturated heterocycles. The fourth-order valence-electron chi connectivity index (χ4n) is 1.68. The number of hydrogen-bond donors (Lipinski definition) is 0. The van der Waals surface area contributed by atoms with Crippen molar-refractivity contribution >= 4 is 30.3 Å². The second-order valence-electron chi connectivity index (χ2n) is 3.98. The van der Waals surface area contributed by atoms with Gasteiger partial charge in [0.1, 0.15) is 0 Å². The minimum absolute atomic E-state index is 0.0253. The summed E-state index contributed by atoms with van der Waals surface area (Å²) in [5.74, 6) is 0.0253. The van der Waals surface area contributed by atoms with E-state index in [0.29, 0.717) is 31.2 Å². The van der Waals surface area contributed by atoms with Gasteiger partial charge < -0.3 is 9.80 Å². The average molecular weight is 273 g/mol. The van der Waals surface area contributed by atoms with E-state index in [0.717, 1.165) is 5.01 Å². The number of hydrazone groups is 1. The third kappa shape index (κ3) is 3.73. The van der Waals surface area contributed by atoms with Crippen molar-refractivity contribution in [2.45, 2.75) is 13.8 Å². The van der Waals surface area contributed by atoms with E-state index in [1.807, 2.05) is 0 Å². The van der Waals surface area contributed by atoms with Crippen LogP contribution in [0.15, 0.2) is 16.3 Å². The second kappa shape index (κ2) is 6.39. The van der Waals surface area contributed by atoms with Gasteiger partial charge in [0, 0.05) is 51.1 Å². The van der Waals surface area contributed by atoms with Crippen LogP contribution in [0, 0.1) is 0 Å². The lowest BCUT2D eigenvalue weighted by molar-refractivity contribution is -0.130. The normalized spacial score (nSPS) is 16.5. The third-order valence-electron chi connectivity index (χ3n) is 2.64. The number of carbonyl (C=O) groups excluding carboxylic acids is 2. The minimum Gasteiger partial charge on any atom is -0.339 e. The molecule has 6 nitrogen and oxygen atoms in total. The molecule has 0 atom stereocenters. The number of urea groups is 1. The SMILES string of the molecule is C=NN(/C=C(\C)Cl)C(=O)N1CCN(C(C)=O)CC1. The van der Waals surface area contributed by atoms with E-state index < -0.39 is 0 Å². The number of hydrogen-bond acceptors (Lipinski definition) is 3. The van der Waals surface area contributed by atoms with E-state index in [-0.39, 0.29) is 11.9 Å². The maximum absolute atomic E-state index is 12.1. The summed E-state index contributed by atoms with van der Waals surface area (Å²) in [6, 6.07) is -0.284. The summed E-state index contributed by atoms with van der Waals surface area (Å²) in [5, 5.41) is 5.15. The topological polar surface area (TPSA) is 56.2 Å². The van der Waals surface area contributed by atoms with Crippen molar-refractivity contribution in [2.75, 3.05) is 26.2 Å². The Hall–Kier alpha value is -1.56. The Morgan fingerprint density at radius 2 is 1.72 bits per heavy atom. The van der Waals surface area contributed by atoms with Gasteiger partial charge in [-0.2, -0.15) is 10.1 Å². The number of allylic oxidation sites excluding steroid dienone is 1. The number of piperazine rings is 1. The van der Waals surface area contributed by atoms with E-state index in [4.69, 9.17) is 11.6 Å². The van der Waals surface area contributed by atoms with Crippen molar-refractivity contribution in [3.63, 3.8) is 0 Å². The molecule has 100 valence electrons. The average Bonchev–Trinajstić information content (AvgIpc) is 2.35. The maximum atomic E-state index is 12.1. The highest BCUT2D eigenvalue weighted by Gasteiger charge is 2.25. The zero-order valence-electron chi connectivity index (χ0n) is 10.6. The van der Waals surface area contributed by atoms with Gasteiger partial charge in [-0.1, -0.05) is 11.6 Å². The lowest BCUT2D eigenvalue weighted by Crippen LogP contribution is -2.52. The number of rotatable bonds is 2. The molecule has 0 aromatic carbocycles. The highest BCUT2D eigenvalue weighted by atomic mass is 35.5. The first-order chi connectivity index (χ1) is 8.45. The Morgan fingerprint density at radius 1 is 1.22 bits per heavy atom. The molecule has 0 aromatic rings. The molecule has 1 aliphatic rings. The van der Waals surface area contributed by atoms with E-state index in [1.54, 1.807) is 16.7 Å². The van der Waals surface area contributed by atoms with E-state index in [9.17, 15) is 9.59 Å². The molecule has 0 radical (unpaired) electrons. The van der Waals surface area contributed by atoms with Crippen LogP contribution in [0.2, 0.25) is 0 Å². The molecule has 0 N–H and O–H groups in total. The highest BCUT2D eigenvalue weighted by Crippen LogP contribution is 2.09. The predicted molar refractivity (Wildman–Crippen MR) is 70.2 cm³/mol. The first-order valence-corrected chi connectivity index (χ1v) is 5.97. The summed E-state index contributed by atoms with van der Waals surface area (Å²) < 4.78 is 0. The van der Waals surface area contributed by atoms with Crippen LogP contribution in [0.3, 0.4) is 0 Å². The van der Waals surface area contributed by atoms with Gasteiger partial charge in [0.15, 0.2) is 0 Å². The van der Waals surface area contributed by atoms with Crippen LogP contribution < -0.4 is 0 Å². The lowest BCUT2D eigenvalue weighted by Gasteiger charge is -2.35. The van der Waals surface area contributed by atoms with Crippen molar-refractivity contribution in [1.29, 1.82) is 0 Å². The minimum atomic E-state index is -0.284. The van der Waals surface area contributed by atoms with Gasteiger partial charge in [-0.25, -0.2) is 4.79 Å². The van der Waals surface area contributed by atoms with E-state index in [1.165, 1.54) is 13.1 Å². The van der Waals surface area contributed by atoms with Gasteiger partial charge in [-0.15, -0.1) is 0 Å². The van der Waals surface area contributed by atoms with Crippen LogP contribution in [0.5, 0.6) is 0 Å². The van der Waals surface area contributed by atoms with Crippen molar-refractivity contribution in [3.05, 3.63) is 11.2 Å². The monoisotopic (exact) mass is 272 g/mol. The lowest BCUT2D eigenvalue weighted by atomic mass is 10.3.